The Balaban J connectivity index is 1.54. The van der Waals surface area contributed by atoms with E-state index in [0.717, 1.165) is 19.3 Å². The van der Waals surface area contributed by atoms with Crippen molar-refractivity contribution in [2.75, 3.05) is 0 Å². The Morgan fingerprint density at radius 1 is 1.04 bits per heavy atom. The molecular formula is C18H25F4NO. The molecule has 0 aromatic heterocycles. The van der Waals surface area contributed by atoms with E-state index in [-0.39, 0.29) is 18.3 Å². The van der Waals surface area contributed by atoms with Gasteiger partial charge in [-0.3, -0.25) is 4.79 Å². The van der Waals surface area contributed by atoms with Crippen molar-refractivity contribution in [1.29, 1.82) is 0 Å². The normalized spacial score (nSPS) is 43.2. The summed E-state index contributed by atoms with van der Waals surface area (Å²) in [4.78, 5) is 12.9. The molecule has 1 N–H and O–H groups in total. The monoisotopic (exact) mass is 347 g/mol. The quantitative estimate of drug-likeness (QED) is 0.747. The molecule has 0 unspecified atom stereocenters. The zero-order chi connectivity index (χ0) is 17.2. The molecular weight excluding hydrogens is 322 g/mol. The molecule has 0 aliphatic heterocycles. The van der Waals surface area contributed by atoms with Crippen LogP contribution in [0.4, 0.5) is 17.6 Å². The fourth-order valence-corrected chi connectivity index (χ4v) is 6.47. The first-order chi connectivity index (χ1) is 11.2. The molecule has 2 nitrogen and oxygen atoms in total. The van der Waals surface area contributed by atoms with E-state index in [2.05, 4.69) is 5.32 Å². The maximum Gasteiger partial charge on any atom is 0.408 e. The topological polar surface area (TPSA) is 29.1 Å². The van der Waals surface area contributed by atoms with Crippen LogP contribution in [0.5, 0.6) is 0 Å². The van der Waals surface area contributed by atoms with Crippen LogP contribution in [0.1, 0.15) is 64.2 Å². The predicted molar refractivity (Wildman–Crippen MR) is 80.9 cm³/mol. The second-order valence-electron chi connectivity index (χ2n) is 8.93. The molecule has 0 aromatic carbocycles. The van der Waals surface area contributed by atoms with Gasteiger partial charge in [-0.2, -0.15) is 13.2 Å². The minimum absolute atomic E-state index is 0.119. The van der Waals surface area contributed by atoms with Crippen LogP contribution in [0.25, 0.3) is 0 Å². The summed E-state index contributed by atoms with van der Waals surface area (Å²) in [6.45, 7) is 0. The minimum Gasteiger partial charge on any atom is -0.344 e. The second-order valence-corrected chi connectivity index (χ2v) is 8.93. The summed E-state index contributed by atoms with van der Waals surface area (Å²) >= 11 is 0. The highest BCUT2D eigenvalue weighted by molar-refractivity contribution is 5.83. The van der Waals surface area contributed by atoms with Gasteiger partial charge in [0.2, 0.25) is 5.91 Å². The number of hydrogen-bond donors (Lipinski definition) is 1. The highest BCUT2D eigenvalue weighted by Gasteiger charge is 2.62. The maximum absolute atomic E-state index is 15.0. The summed E-state index contributed by atoms with van der Waals surface area (Å²) < 4.78 is 55.4. The van der Waals surface area contributed by atoms with Gasteiger partial charge in [0, 0.05) is 0 Å². The van der Waals surface area contributed by atoms with E-state index in [4.69, 9.17) is 0 Å². The number of hydrogen-bond acceptors (Lipinski definition) is 1. The summed E-state index contributed by atoms with van der Waals surface area (Å²) in [6, 6.07) is -1.77. The van der Waals surface area contributed by atoms with Crippen LogP contribution in [0, 0.1) is 23.2 Å². The van der Waals surface area contributed by atoms with E-state index in [9.17, 15) is 22.4 Å². The summed E-state index contributed by atoms with van der Waals surface area (Å²) in [6.07, 6.45) is 1.33. The van der Waals surface area contributed by atoms with E-state index in [1.165, 1.54) is 0 Å². The molecule has 24 heavy (non-hydrogen) atoms. The maximum atomic E-state index is 15.0. The Morgan fingerprint density at radius 2 is 1.62 bits per heavy atom. The lowest BCUT2D eigenvalue weighted by atomic mass is 9.48. The smallest absolute Gasteiger partial charge is 0.344 e. The van der Waals surface area contributed by atoms with Gasteiger partial charge in [-0.1, -0.05) is 12.8 Å². The number of nitrogens with one attached hydrogen (secondary N) is 1. The molecule has 5 aliphatic rings. The number of carbonyl (C=O) groups is 1. The first-order valence-electron chi connectivity index (χ1n) is 9.26. The van der Waals surface area contributed by atoms with Crippen LogP contribution in [0.3, 0.4) is 0 Å². The highest BCUT2D eigenvalue weighted by atomic mass is 19.4. The highest BCUT2D eigenvalue weighted by Crippen LogP contribution is 2.63. The number of amides is 1. The predicted octanol–water partition coefficient (Wildman–Crippen LogP) is 4.53. The fraction of sp³-hybridized carbons (Fsp3) is 0.944. The zero-order valence-corrected chi connectivity index (χ0v) is 13.8. The van der Waals surface area contributed by atoms with Crippen LogP contribution in [0.2, 0.25) is 0 Å². The van der Waals surface area contributed by atoms with Gasteiger partial charge in [0.05, 0.1) is 5.41 Å². The van der Waals surface area contributed by atoms with Gasteiger partial charge >= 0.3 is 6.18 Å². The lowest BCUT2D eigenvalue weighted by Gasteiger charge is -2.58. The van der Waals surface area contributed by atoms with Crippen molar-refractivity contribution >= 4 is 5.91 Å². The van der Waals surface area contributed by atoms with E-state index >= 15 is 0 Å². The molecule has 0 aromatic rings. The Hall–Kier alpha value is -0.810. The molecule has 0 heterocycles. The summed E-state index contributed by atoms with van der Waals surface area (Å²) in [5.74, 6) is -0.731. The average molecular weight is 347 g/mol. The first kappa shape index (κ1) is 16.6. The summed E-state index contributed by atoms with van der Waals surface area (Å²) in [7, 11) is 0. The minimum atomic E-state index is -4.43. The molecule has 5 fully saturated rings. The van der Waals surface area contributed by atoms with Gasteiger partial charge in [0.25, 0.3) is 0 Å². The third-order valence-corrected chi connectivity index (χ3v) is 6.98. The fourth-order valence-electron chi connectivity index (χ4n) is 6.47. The van der Waals surface area contributed by atoms with Gasteiger partial charge in [-0.05, 0) is 69.1 Å². The van der Waals surface area contributed by atoms with Crippen LogP contribution in [0.15, 0.2) is 0 Å². The van der Waals surface area contributed by atoms with Gasteiger partial charge < -0.3 is 5.32 Å². The Labute approximate surface area is 139 Å². The standard InChI is InChI=1S/C18H25F4NO/c19-17-8-11-5-12(9-17)7-16(6-11,10-17)15(24)23-14(18(20,21)22)13-3-1-2-4-13/h11-14H,1-10H2,(H,23,24)/t11-,12-,14-,16?,17?/m1/s1. The van der Waals surface area contributed by atoms with Gasteiger partial charge in [0.1, 0.15) is 11.7 Å². The summed E-state index contributed by atoms with van der Waals surface area (Å²) in [5.41, 5.74) is -2.23. The Kier molecular flexibility index (Phi) is 3.70. The third kappa shape index (κ3) is 2.74. The first-order valence-corrected chi connectivity index (χ1v) is 9.26. The lowest BCUT2D eigenvalue weighted by molar-refractivity contribution is -0.183. The van der Waals surface area contributed by atoms with E-state index < -0.39 is 35.1 Å². The van der Waals surface area contributed by atoms with Crippen molar-refractivity contribution in [2.45, 2.75) is 82.1 Å². The SMILES string of the molecule is O=C(N[C@H](C1CCCC1)C(F)(F)F)C12C[C@H]3C[C@@H](CC(F)(C3)C1)C2. The number of alkyl halides is 4. The van der Waals surface area contributed by atoms with Crippen molar-refractivity contribution in [1.82, 2.24) is 5.32 Å². The molecule has 0 saturated heterocycles. The largest absolute Gasteiger partial charge is 0.408 e. The van der Waals surface area contributed by atoms with Crippen LogP contribution in [-0.2, 0) is 4.79 Å². The van der Waals surface area contributed by atoms with E-state index in [0.29, 0.717) is 38.5 Å². The average Bonchev–Trinajstić information content (AvgIpc) is 2.93. The van der Waals surface area contributed by atoms with Crippen LogP contribution < -0.4 is 5.32 Å². The van der Waals surface area contributed by atoms with Crippen molar-refractivity contribution in [3.8, 4) is 0 Å². The molecule has 1 amide bonds. The molecule has 5 aliphatic carbocycles. The van der Waals surface area contributed by atoms with Crippen LogP contribution in [-0.4, -0.2) is 23.8 Å². The van der Waals surface area contributed by atoms with Crippen molar-refractivity contribution in [2.24, 2.45) is 23.2 Å². The summed E-state index contributed by atoms with van der Waals surface area (Å²) in [5, 5.41) is 2.34. The lowest BCUT2D eigenvalue weighted by Crippen LogP contribution is -2.61. The van der Waals surface area contributed by atoms with Crippen molar-refractivity contribution in [3.63, 3.8) is 0 Å². The van der Waals surface area contributed by atoms with Gasteiger partial charge in [-0.25, -0.2) is 4.39 Å². The number of rotatable bonds is 3. The van der Waals surface area contributed by atoms with E-state index in [1.54, 1.807) is 0 Å². The van der Waals surface area contributed by atoms with Gasteiger partial charge in [-0.15, -0.1) is 0 Å². The third-order valence-electron chi connectivity index (χ3n) is 6.98. The molecule has 0 radical (unpaired) electrons. The Bertz CT molecular complexity index is 512. The molecule has 0 spiro atoms. The molecule has 5 rings (SSSR count). The second kappa shape index (κ2) is 5.34. The van der Waals surface area contributed by atoms with E-state index in [1.807, 2.05) is 0 Å². The zero-order valence-electron chi connectivity index (χ0n) is 13.8. The molecule has 4 bridgehead atoms. The van der Waals surface area contributed by atoms with Crippen LogP contribution >= 0.6 is 0 Å². The van der Waals surface area contributed by atoms with Crippen molar-refractivity contribution < 1.29 is 22.4 Å². The molecule has 5 saturated carbocycles. The van der Waals surface area contributed by atoms with Gasteiger partial charge in [0.15, 0.2) is 0 Å². The molecule has 6 heteroatoms. The molecule has 136 valence electrons. The molecule has 3 atom stereocenters. The Morgan fingerprint density at radius 3 is 2.12 bits per heavy atom. The number of carbonyl (C=O) groups excluding carboxylic acids is 1. The number of halogens is 4. The van der Waals surface area contributed by atoms with Crippen molar-refractivity contribution in [3.05, 3.63) is 0 Å².